The van der Waals surface area contributed by atoms with Gasteiger partial charge in [-0.1, -0.05) is 214 Å². The summed E-state index contributed by atoms with van der Waals surface area (Å²) in [5.41, 5.74) is 0. The zero-order valence-corrected chi connectivity index (χ0v) is 43.4. The predicted molar refractivity (Wildman–Crippen MR) is 288 cm³/mol. The first-order valence-corrected chi connectivity index (χ1v) is 27.4. The van der Waals surface area contributed by atoms with Crippen LogP contribution in [0.5, 0.6) is 0 Å². The third-order valence-corrected chi connectivity index (χ3v) is 11.2. The van der Waals surface area contributed by atoms with Crippen molar-refractivity contribution in [3.05, 3.63) is 109 Å². The normalized spacial score (nSPS) is 12.9. The number of ether oxygens (including phenoxy) is 3. The molecule has 0 unspecified atom stereocenters. The lowest BCUT2D eigenvalue weighted by atomic mass is 10.1. The highest BCUT2D eigenvalue weighted by Crippen LogP contribution is 2.13. The summed E-state index contributed by atoms with van der Waals surface area (Å²) in [5.74, 6) is -0.993. The summed E-state index contributed by atoms with van der Waals surface area (Å²) in [4.78, 5) is 38.1. The average Bonchev–Trinajstić information content (AvgIpc) is 3.33. The van der Waals surface area contributed by atoms with Gasteiger partial charge in [-0.3, -0.25) is 14.4 Å². The molecule has 0 bridgehead atoms. The molecule has 0 saturated heterocycles. The highest BCUT2D eigenvalue weighted by atomic mass is 16.6. The van der Waals surface area contributed by atoms with Gasteiger partial charge in [0, 0.05) is 19.3 Å². The molecule has 380 valence electrons. The molecule has 0 aromatic rings. The Balaban J connectivity index is 4.52. The fraction of sp³-hybridized carbons (Fsp3) is 0.656. The molecule has 0 aliphatic rings. The summed E-state index contributed by atoms with van der Waals surface area (Å²) >= 11 is 0. The maximum Gasteiger partial charge on any atom is 0.306 e. The van der Waals surface area contributed by atoms with Gasteiger partial charge in [-0.05, 0) is 116 Å². The summed E-state index contributed by atoms with van der Waals surface area (Å²) in [6.07, 6.45) is 73.6. The number of unbranched alkanes of at least 4 members (excludes halogenated alkanes) is 19. The predicted octanol–water partition coefficient (Wildman–Crippen LogP) is 18.3. The van der Waals surface area contributed by atoms with Crippen molar-refractivity contribution in [1.29, 1.82) is 0 Å². The second kappa shape index (κ2) is 54.7. The van der Waals surface area contributed by atoms with Gasteiger partial charge in [0.15, 0.2) is 6.10 Å². The van der Waals surface area contributed by atoms with E-state index in [9.17, 15) is 14.4 Å². The Labute approximate surface area is 412 Å². The van der Waals surface area contributed by atoms with Crippen LogP contribution in [0.15, 0.2) is 109 Å². The Kier molecular flexibility index (Phi) is 51.5. The minimum atomic E-state index is -0.819. The van der Waals surface area contributed by atoms with E-state index in [4.69, 9.17) is 14.2 Å². The van der Waals surface area contributed by atoms with Crippen LogP contribution in [0.3, 0.4) is 0 Å². The van der Waals surface area contributed by atoms with Crippen LogP contribution in [0.1, 0.15) is 239 Å². The molecule has 0 N–H and O–H groups in total. The lowest BCUT2D eigenvalue weighted by molar-refractivity contribution is -0.167. The van der Waals surface area contributed by atoms with Crippen molar-refractivity contribution < 1.29 is 28.6 Å². The molecule has 6 heteroatoms. The van der Waals surface area contributed by atoms with Gasteiger partial charge >= 0.3 is 17.9 Å². The van der Waals surface area contributed by atoms with Gasteiger partial charge in [0.05, 0.1) is 0 Å². The molecule has 0 rings (SSSR count). The smallest absolute Gasteiger partial charge is 0.306 e. The van der Waals surface area contributed by atoms with E-state index in [1.54, 1.807) is 0 Å². The third kappa shape index (κ3) is 52.9. The second-order valence-electron chi connectivity index (χ2n) is 17.7. The monoisotopic (exact) mass is 929 g/mol. The van der Waals surface area contributed by atoms with Crippen LogP contribution in [-0.4, -0.2) is 37.2 Å². The van der Waals surface area contributed by atoms with Crippen molar-refractivity contribution in [3.8, 4) is 0 Å². The minimum Gasteiger partial charge on any atom is -0.462 e. The summed E-state index contributed by atoms with van der Waals surface area (Å²) in [7, 11) is 0. The zero-order valence-electron chi connectivity index (χ0n) is 43.4. The standard InChI is InChI=1S/C61H100O6/c1-4-7-10-13-16-19-22-25-28-30-33-36-39-42-45-48-51-54-60(63)66-57-58(56-65-59(62)53-50-47-44-41-38-35-32-27-24-21-18-15-12-9-6-3)67-61(64)55-52-49-46-43-40-37-34-31-29-26-23-20-17-14-11-8-5-2/h8-9,11-12,17-18,20-21,25-29,32,34,37,43,46,58H,4-7,10,13-16,19,22-24,30-31,33,35-36,38-42,44-45,47-57H2,1-3H3/b11-8-,12-9-,20-17-,21-18-,28-25-,29-26-,32-27-,37-34-,46-43-/t58-/m1/s1. The van der Waals surface area contributed by atoms with Gasteiger partial charge in [0.2, 0.25) is 0 Å². The Hall–Kier alpha value is -3.93. The van der Waals surface area contributed by atoms with Crippen LogP contribution < -0.4 is 0 Å². The van der Waals surface area contributed by atoms with E-state index in [0.717, 1.165) is 116 Å². The molecule has 67 heavy (non-hydrogen) atoms. The molecule has 0 aliphatic heterocycles. The molecule has 0 heterocycles. The van der Waals surface area contributed by atoms with Crippen molar-refractivity contribution in [2.45, 2.75) is 245 Å². The van der Waals surface area contributed by atoms with Crippen molar-refractivity contribution >= 4 is 17.9 Å². The van der Waals surface area contributed by atoms with Gasteiger partial charge in [-0.25, -0.2) is 0 Å². The van der Waals surface area contributed by atoms with Gasteiger partial charge in [-0.2, -0.15) is 0 Å². The second-order valence-corrected chi connectivity index (χ2v) is 17.7. The van der Waals surface area contributed by atoms with Crippen LogP contribution in [0, 0.1) is 0 Å². The maximum atomic E-state index is 12.8. The van der Waals surface area contributed by atoms with Crippen LogP contribution >= 0.6 is 0 Å². The minimum absolute atomic E-state index is 0.110. The molecule has 0 spiro atoms. The molecule has 0 saturated carbocycles. The Morgan fingerprint density at radius 3 is 0.970 bits per heavy atom. The number of allylic oxidation sites excluding steroid dienone is 18. The zero-order chi connectivity index (χ0) is 48.6. The van der Waals surface area contributed by atoms with Crippen molar-refractivity contribution in [3.63, 3.8) is 0 Å². The van der Waals surface area contributed by atoms with Crippen LogP contribution in [0.2, 0.25) is 0 Å². The topological polar surface area (TPSA) is 78.9 Å². The molecule has 0 fully saturated rings. The van der Waals surface area contributed by atoms with E-state index in [1.807, 2.05) is 0 Å². The fourth-order valence-corrected chi connectivity index (χ4v) is 7.19. The van der Waals surface area contributed by atoms with Crippen LogP contribution in [-0.2, 0) is 28.6 Å². The van der Waals surface area contributed by atoms with Crippen LogP contribution in [0.25, 0.3) is 0 Å². The molecule has 0 radical (unpaired) electrons. The van der Waals surface area contributed by atoms with Gasteiger partial charge in [0.25, 0.3) is 0 Å². The fourth-order valence-electron chi connectivity index (χ4n) is 7.19. The number of hydrogen-bond acceptors (Lipinski definition) is 6. The van der Waals surface area contributed by atoms with E-state index in [-0.39, 0.29) is 37.5 Å². The van der Waals surface area contributed by atoms with E-state index < -0.39 is 6.10 Å². The molecule has 0 amide bonds. The highest BCUT2D eigenvalue weighted by Gasteiger charge is 2.19. The summed E-state index contributed by atoms with van der Waals surface area (Å²) in [5, 5.41) is 0. The molecule has 1 atom stereocenters. The summed E-state index contributed by atoms with van der Waals surface area (Å²) in [6, 6.07) is 0. The first-order chi connectivity index (χ1) is 33.0. The van der Waals surface area contributed by atoms with Crippen molar-refractivity contribution in [2.24, 2.45) is 0 Å². The number of hydrogen-bond donors (Lipinski definition) is 0. The van der Waals surface area contributed by atoms with Crippen molar-refractivity contribution in [1.82, 2.24) is 0 Å². The van der Waals surface area contributed by atoms with Gasteiger partial charge < -0.3 is 14.2 Å². The number of esters is 3. The Morgan fingerprint density at radius 1 is 0.313 bits per heavy atom. The lowest BCUT2D eigenvalue weighted by Crippen LogP contribution is -2.30. The molecule has 0 aromatic heterocycles. The molecular weight excluding hydrogens is 829 g/mol. The van der Waals surface area contributed by atoms with E-state index in [0.29, 0.717) is 19.3 Å². The maximum absolute atomic E-state index is 12.8. The number of rotatable bonds is 48. The summed E-state index contributed by atoms with van der Waals surface area (Å²) in [6.45, 7) is 6.34. The SMILES string of the molecule is CC/C=C\C/C=C\C/C=C\C/C=C\C/C=C\CCCC(=O)O[C@H](COC(=O)CCCCCCC/C=C\C/C=C\C/C=C\CC)COC(=O)CCCCCCCCC/C=C\CCCCCCCC. The first kappa shape index (κ1) is 63.1. The largest absolute Gasteiger partial charge is 0.462 e. The third-order valence-electron chi connectivity index (χ3n) is 11.2. The average molecular weight is 929 g/mol. The number of carbonyl (C=O) groups excluding carboxylic acids is 3. The molecule has 6 nitrogen and oxygen atoms in total. The number of carbonyl (C=O) groups is 3. The Bertz CT molecular complexity index is 1390. The summed E-state index contributed by atoms with van der Waals surface area (Å²) < 4.78 is 16.8. The first-order valence-electron chi connectivity index (χ1n) is 27.4. The highest BCUT2D eigenvalue weighted by molar-refractivity contribution is 5.71. The molecular formula is C61H100O6. The van der Waals surface area contributed by atoms with E-state index in [2.05, 4.69) is 130 Å². The Morgan fingerprint density at radius 2 is 0.597 bits per heavy atom. The van der Waals surface area contributed by atoms with Gasteiger partial charge in [0.1, 0.15) is 13.2 Å². The van der Waals surface area contributed by atoms with Gasteiger partial charge in [-0.15, -0.1) is 0 Å². The van der Waals surface area contributed by atoms with Crippen molar-refractivity contribution in [2.75, 3.05) is 13.2 Å². The quantitative estimate of drug-likeness (QED) is 0.0262. The molecule has 0 aliphatic carbocycles. The van der Waals surface area contributed by atoms with E-state index >= 15 is 0 Å². The van der Waals surface area contributed by atoms with Crippen LogP contribution in [0.4, 0.5) is 0 Å². The molecule has 0 aromatic carbocycles. The van der Waals surface area contributed by atoms with E-state index in [1.165, 1.54) is 77.0 Å². The lowest BCUT2D eigenvalue weighted by Gasteiger charge is -2.18.